The highest BCUT2D eigenvalue weighted by molar-refractivity contribution is 7.53. The molecule has 0 aromatic rings. The number of hydrogen-bond donors (Lipinski definition) is 0. The zero-order chi connectivity index (χ0) is 14.6. The summed E-state index contributed by atoms with van der Waals surface area (Å²) in [4.78, 5) is 11.3. The second-order valence-corrected chi connectivity index (χ2v) is 5.18. The monoisotopic (exact) mass is 296 g/mol. The minimum absolute atomic E-state index is 0.213. The van der Waals surface area contributed by atoms with Gasteiger partial charge >= 0.3 is 13.6 Å². The molecule has 0 spiro atoms. The average Bonchev–Trinajstić information content (AvgIpc) is 2.37. The molecule has 0 radical (unpaired) electrons. The Labute approximate surface area is 113 Å². The minimum atomic E-state index is -3.36. The average molecular weight is 296 g/mol. The van der Waals surface area contributed by atoms with Gasteiger partial charge in [-0.3, -0.25) is 4.57 Å². The van der Waals surface area contributed by atoms with Crippen LogP contribution in [0.2, 0.25) is 0 Å². The maximum atomic E-state index is 11.9. The van der Waals surface area contributed by atoms with Gasteiger partial charge in [0.2, 0.25) is 0 Å². The molecule has 0 saturated carbocycles. The van der Waals surface area contributed by atoms with Crippen molar-refractivity contribution in [2.45, 2.75) is 13.8 Å². The molecule has 0 saturated heterocycles. The Bertz CT molecular complexity index is 295. The van der Waals surface area contributed by atoms with Crippen molar-refractivity contribution in [3.63, 3.8) is 0 Å². The van der Waals surface area contributed by atoms with Crippen LogP contribution in [-0.4, -0.2) is 45.4 Å². The first-order valence-corrected chi connectivity index (χ1v) is 7.64. The van der Waals surface area contributed by atoms with Crippen LogP contribution >= 0.6 is 7.60 Å². The van der Waals surface area contributed by atoms with Gasteiger partial charge in [-0.1, -0.05) is 6.58 Å². The molecule has 0 unspecified atom stereocenters. The lowest BCUT2D eigenvalue weighted by Crippen LogP contribution is -2.16. The van der Waals surface area contributed by atoms with Crippen LogP contribution in [0.5, 0.6) is 0 Å². The fraction of sp³-hybridized carbons (Fsp3) is 0.727. The van der Waals surface area contributed by atoms with Crippen LogP contribution in [0.3, 0.4) is 0 Å². The Balaban J connectivity index is 3.85. The number of rotatable bonds is 12. The first kappa shape index (κ1) is 18.1. The molecule has 0 aliphatic carbocycles. The van der Waals surface area contributed by atoms with Crippen LogP contribution in [0, 0.1) is 0 Å². The van der Waals surface area contributed by atoms with Gasteiger partial charge in [-0.15, -0.1) is 0 Å². The lowest BCUT2D eigenvalue weighted by Gasteiger charge is -2.16. The van der Waals surface area contributed by atoms with Gasteiger partial charge in [0.15, 0.2) is 6.35 Å². The van der Waals surface area contributed by atoms with Gasteiger partial charge in [-0.05, 0) is 13.8 Å². The molecule has 7 nitrogen and oxygen atoms in total. The zero-order valence-corrected chi connectivity index (χ0v) is 12.2. The quantitative estimate of drug-likeness (QED) is 0.235. The highest BCUT2D eigenvalue weighted by atomic mass is 31.2. The number of esters is 1. The molecule has 0 heterocycles. The number of ether oxygens (including phenoxy) is 3. The maximum absolute atomic E-state index is 11.9. The fourth-order valence-corrected chi connectivity index (χ4v) is 2.36. The summed E-state index contributed by atoms with van der Waals surface area (Å²) >= 11 is 0. The summed E-state index contributed by atoms with van der Waals surface area (Å²) in [7, 11) is -3.36. The molecule has 0 bridgehead atoms. The van der Waals surface area contributed by atoms with Crippen molar-refractivity contribution in [3.05, 3.63) is 12.8 Å². The Morgan fingerprint density at radius 2 is 1.84 bits per heavy atom. The molecule has 112 valence electrons. The lowest BCUT2D eigenvalue weighted by molar-refractivity contribution is -0.147. The van der Waals surface area contributed by atoms with Crippen LogP contribution in [-0.2, 0) is 32.6 Å². The van der Waals surface area contributed by atoms with E-state index < -0.39 is 19.9 Å². The van der Waals surface area contributed by atoms with Crippen molar-refractivity contribution in [2.24, 2.45) is 0 Å². The summed E-state index contributed by atoms with van der Waals surface area (Å²) in [5.74, 6) is -0.641. The van der Waals surface area contributed by atoms with E-state index in [0.717, 1.165) is 0 Å². The van der Waals surface area contributed by atoms with Crippen molar-refractivity contribution >= 4 is 13.6 Å². The van der Waals surface area contributed by atoms with Crippen molar-refractivity contribution in [3.8, 4) is 0 Å². The van der Waals surface area contributed by atoms with Crippen LogP contribution < -0.4 is 0 Å². The SMILES string of the molecule is C=COCCOCC(=O)OCP(=O)(OCC)OCC. The second kappa shape index (κ2) is 11.0. The fourth-order valence-electron chi connectivity index (χ4n) is 1.04. The second-order valence-electron chi connectivity index (χ2n) is 3.18. The number of hydrogen-bond acceptors (Lipinski definition) is 7. The third-order valence-corrected chi connectivity index (χ3v) is 3.47. The first-order chi connectivity index (χ1) is 9.08. The molecule has 0 aliphatic heterocycles. The van der Waals surface area contributed by atoms with E-state index in [1.165, 1.54) is 6.26 Å². The van der Waals surface area contributed by atoms with E-state index in [9.17, 15) is 9.36 Å². The molecule has 19 heavy (non-hydrogen) atoms. The Morgan fingerprint density at radius 3 is 2.37 bits per heavy atom. The zero-order valence-electron chi connectivity index (χ0n) is 11.3. The van der Waals surface area contributed by atoms with Gasteiger partial charge in [0.05, 0.1) is 26.1 Å². The molecule has 0 aliphatic rings. The summed E-state index contributed by atoms with van der Waals surface area (Å²) in [6.45, 7) is 7.41. The number of carbonyl (C=O) groups excluding carboxylic acids is 1. The highest BCUT2D eigenvalue weighted by Gasteiger charge is 2.25. The summed E-state index contributed by atoms with van der Waals surface area (Å²) in [6.07, 6.45) is 0.863. The van der Waals surface area contributed by atoms with Gasteiger partial charge < -0.3 is 23.3 Å². The number of carbonyl (C=O) groups is 1. The van der Waals surface area contributed by atoms with E-state index in [4.69, 9.17) is 23.3 Å². The maximum Gasteiger partial charge on any atom is 0.367 e. The van der Waals surface area contributed by atoms with E-state index in [0.29, 0.717) is 6.61 Å². The van der Waals surface area contributed by atoms with Crippen LogP contribution in [0.15, 0.2) is 12.8 Å². The summed E-state index contributed by atoms with van der Waals surface area (Å²) in [5.41, 5.74) is 0. The molecule has 0 N–H and O–H groups in total. The molecule has 0 aromatic carbocycles. The van der Waals surface area contributed by atoms with E-state index >= 15 is 0 Å². The molecule has 0 amide bonds. The highest BCUT2D eigenvalue weighted by Crippen LogP contribution is 2.47. The predicted octanol–water partition coefficient (Wildman–Crippen LogP) is 1.93. The molecular formula is C11H21O7P. The molecule has 0 atom stereocenters. The molecular weight excluding hydrogens is 275 g/mol. The van der Waals surface area contributed by atoms with Crippen LogP contribution in [0.1, 0.15) is 13.8 Å². The van der Waals surface area contributed by atoms with Crippen molar-refractivity contribution in [1.29, 1.82) is 0 Å². The van der Waals surface area contributed by atoms with Crippen LogP contribution in [0.4, 0.5) is 0 Å². The van der Waals surface area contributed by atoms with Gasteiger partial charge in [0.25, 0.3) is 0 Å². The van der Waals surface area contributed by atoms with E-state index in [2.05, 4.69) is 6.58 Å². The largest absolute Gasteiger partial charge is 0.499 e. The summed E-state index contributed by atoms with van der Waals surface area (Å²) in [5, 5.41) is 0. The molecule has 0 fully saturated rings. The molecule has 0 rings (SSSR count). The van der Waals surface area contributed by atoms with Crippen molar-refractivity contribution in [2.75, 3.05) is 39.4 Å². The minimum Gasteiger partial charge on any atom is -0.499 e. The Kier molecular flexibility index (Phi) is 10.5. The first-order valence-electron chi connectivity index (χ1n) is 5.92. The van der Waals surface area contributed by atoms with Gasteiger partial charge in [0.1, 0.15) is 13.2 Å². The lowest BCUT2D eigenvalue weighted by atomic mass is 10.7. The van der Waals surface area contributed by atoms with Crippen molar-refractivity contribution in [1.82, 2.24) is 0 Å². The Hall–Kier alpha value is -0.880. The summed E-state index contributed by atoms with van der Waals surface area (Å²) < 4.78 is 36.4. The van der Waals surface area contributed by atoms with Crippen molar-refractivity contribution < 1.29 is 32.6 Å². The van der Waals surface area contributed by atoms with Gasteiger partial charge in [0, 0.05) is 0 Å². The Morgan fingerprint density at radius 1 is 1.21 bits per heavy atom. The predicted molar refractivity (Wildman–Crippen MR) is 68.8 cm³/mol. The van der Waals surface area contributed by atoms with Crippen LogP contribution in [0.25, 0.3) is 0 Å². The standard InChI is InChI=1S/C11H21O7P/c1-4-14-7-8-15-9-11(12)16-10-19(13,17-5-2)18-6-3/h4H,1,5-10H2,2-3H3. The third kappa shape index (κ3) is 9.67. The van der Waals surface area contributed by atoms with E-state index in [1.807, 2.05) is 0 Å². The van der Waals surface area contributed by atoms with Gasteiger partial charge in [-0.2, -0.15) is 0 Å². The molecule has 8 heteroatoms. The normalized spacial score (nSPS) is 11.1. The van der Waals surface area contributed by atoms with Gasteiger partial charge in [-0.25, -0.2) is 4.79 Å². The smallest absolute Gasteiger partial charge is 0.367 e. The summed E-state index contributed by atoms with van der Waals surface area (Å²) in [6, 6.07) is 0. The van der Waals surface area contributed by atoms with E-state index in [-0.39, 0.29) is 26.4 Å². The topological polar surface area (TPSA) is 80.3 Å². The third-order valence-electron chi connectivity index (χ3n) is 1.72. The molecule has 0 aromatic heterocycles. The van der Waals surface area contributed by atoms with E-state index in [1.54, 1.807) is 13.8 Å².